The second kappa shape index (κ2) is 7.06. The number of nitrogens with zero attached hydrogens (tertiary/aromatic N) is 4. The standard InChI is InChI=1S/C19H21N5O4/c1-11-16(21-22-20-11)18(26)23-9-13-8-14(19(27)28-2)17(24(13)15(25)10-23)12-6-4-3-5-7-12/h3-7,13-14,17H,8-10H2,1-2H3,(H,20,21,22)/t13-,14-,17-/m0/s1. The number of carbonyl (C=O) groups excluding carboxylic acids is 3. The van der Waals surface area contributed by atoms with Crippen molar-refractivity contribution < 1.29 is 19.1 Å². The molecule has 9 nitrogen and oxygen atoms in total. The number of fused-ring (bicyclic) bond motifs is 1. The van der Waals surface area contributed by atoms with Crippen LogP contribution in [0.4, 0.5) is 0 Å². The van der Waals surface area contributed by atoms with Gasteiger partial charge in [0.1, 0.15) is 6.54 Å². The molecule has 1 aromatic carbocycles. The number of esters is 1. The first kappa shape index (κ1) is 18.1. The zero-order chi connectivity index (χ0) is 19.8. The van der Waals surface area contributed by atoms with Gasteiger partial charge in [-0.15, -0.1) is 0 Å². The number of hydrogen-bond donors (Lipinski definition) is 1. The third kappa shape index (κ3) is 2.92. The van der Waals surface area contributed by atoms with Gasteiger partial charge in [-0.1, -0.05) is 30.3 Å². The van der Waals surface area contributed by atoms with E-state index in [1.807, 2.05) is 30.3 Å². The van der Waals surface area contributed by atoms with Crippen LogP contribution in [-0.2, 0) is 14.3 Å². The number of amides is 2. The number of H-pyrrole nitrogens is 1. The van der Waals surface area contributed by atoms with Crippen molar-refractivity contribution in [2.45, 2.75) is 25.4 Å². The van der Waals surface area contributed by atoms with Gasteiger partial charge in [-0.05, 0) is 18.9 Å². The molecule has 4 rings (SSSR count). The fourth-order valence-electron chi connectivity index (χ4n) is 4.25. The lowest BCUT2D eigenvalue weighted by Gasteiger charge is -2.39. The number of methoxy groups -OCH3 is 1. The van der Waals surface area contributed by atoms with Crippen molar-refractivity contribution in [3.8, 4) is 0 Å². The third-order valence-electron chi connectivity index (χ3n) is 5.50. The van der Waals surface area contributed by atoms with Crippen molar-refractivity contribution in [2.75, 3.05) is 20.2 Å². The van der Waals surface area contributed by atoms with Gasteiger partial charge in [-0.25, -0.2) is 0 Å². The van der Waals surface area contributed by atoms with Crippen LogP contribution in [0.15, 0.2) is 30.3 Å². The van der Waals surface area contributed by atoms with Crippen LogP contribution in [0, 0.1) is 12.8 Å². The zero-order valence-electron chi connectivity index (χ0n) is 15.7. The molecular formula is C19H21N5O4. The summed E-state index contributed by atoms with van der Waals surface area (Å²) in [6.07, 6.45) is 0.444. The van der Waals surface area contributed by atoms with Crippen LogP contribution in [0.3, 0.4) is 0 Å². The number of aromatic nitrogens is 3. The largest absolute Gasteiger partial charge is 0.469 e. The van der Waals surface area contributed by atoms with E-state index in [4.69, 9.17) is 4.74 Å². The molecule has 2 aliphatic rings. The van der Waals surface area contributed by atoms with Crippen molar-refractivity contribution in [2.24, 2.45) is 5.92 Å². The molecule has 0 spiro atoms. The highest BCUT2D eigenvalue weighted by atomic mass is 16.5. The predicted molar refractivity (Wildman–Crippen MR) is 97.0 cm³/mol. The van der Waals surface area contributed by atoms with E-state index in [9.17, 15) is 14.4 Å². The summed E-state index contributed by atoms with van der Waals surface area (Å²) in [7, 11) is 1.35. The summed E-state index contributed by atoms with van der Waals surface area (Å²) in [4.78, 5) is 41.5. The molecule has 0 aliphatic carbocycles. The molecule has 0 bridgehead atoms. The van der Waals surface area contributed by atoms with Gasteiger partial charge in [0.25, 0.3) is 5.91 Å². The number of aryl methyl sites for hydroxylation is 1. The van der Waals surface area contributed by atoms with Crippen LogP contribution in [-0.4, -0.2) is 69.2 Å². The maximum absolute atomic E-state index is 13.0. The Labute approximate surface area is 161 Å². The van der Waals surface area contributed by atoms with Gasteiger partial charge in [-0.3, -0.25) is 14.4 Å². The molecule has 1 aromatic heterocycles. The van der Waals surface area contributed by atoms with Crippen molar-refractivity contribution in [1.29, 1.82) is 0 Å². The lowest BCUT2D eigenvalue weighted by Crippen LogP contribution is -2.56. The molecule has 0 unspecified atom stereocenters. The first-order valence-electron chi connectivity index (χ1n) is 9.11. The van der Waals surface area contributed by atoms with Crippen LogP contribution in [0.1, 0.15) is 34.2 Å². The number of carbonyl (C=O) groups is 3. The van der Waals surface area contributed by atoms with E-state index in [1.54, 1.807) is 11.8 Å². The van der Waals surface area contributed by atoms with Gasteiger partial charge in [0, 0.05) is 6.54 Å². The Morgan fingerprint density at radius 3 is 2.61 bits per heavy atom. The van der Waals surface area contributed by atoms with Crippen LogP contribution in [0.25, 0.3) is 0 Å². The minimum absolute atomic E-state index is 0.0567. The average Bonchev–Trinajstić information content (AvgIpc) is 3.31. The van der Waals surface area contributed by atoms with Crippen LogP contribution in [0.5, 0.6) is 0 Å². The average molecular weight is 383 g/mol. The van der Waals surface area contributed by atoms with Crippen LogP contribution >= 0.6 is 0 Å². The van der Waals surface area contributed by atoms with Gasteiger partial charge < -0.3 is 14.5 Å². The summed E-state index contributed by atoms with van der Waals surface area (Å²) in [5.74, 6) is -1.34. The number of hydrogen-bond acceptors (Lipinski definition) is 6. The van der Waals surface area contributed by atoms with Crippen molar-refractivity contribution in [1.82, 2.24) is 25.2 Å². The lowest BCUT2D eigenvalue weighted by atomic mass is 9.93. The molecule has 2 aliphatic heterocycles. The van der Waals surface area contributed by atoms with E-state index in [1.165, 1.54) is 12.0 Å². The molecule has 2 amide bonds. The molecule has 0 saturated carbocycles. The maximum atomic E-state index is 13.0. The summed E-state index contributed by atoms with van der Waals surface area (Å²) < 4.78 is 5.00. The summed E-state index contributed by atoms with van der Waals surface area (Å²) in [5.41, 5.74) is 1.59. The van der Waals surface area contributed by atoms with Crippen LogP contribution < -0.4 is 0 Å². The first-order valence-corrected chi connectivity index (χ1v) is 9.11. The van der Waals surface area contributed by atoms with E-state index in [0.29, 0.717) is 18.7 Å². The quantitative estimate of drug-likeness (QED) is 0.782. The van der Waals surface area contributed by atoms with Gasteiger partial charge in [-0.2, -0.15) is 15.4 Å². The molecular weight excluding hydrogens is 362 g/mol. The molecule has 3 atom stereocenters. The number of ether oxygens (including phenoxy) is 1. The number of nitrogens with one attached hydrogen (secondary N) is 1. The highest BCUT2D eigenvalue weighted by molar-refractivity contribution is 5.96. The Morgan fingerprint density at radius 1 is 1.21 bits per heavy atom. The summed E-state index contributed by atoms with van der Waals surface area (Å²) in [5, 5.41) is 10.2. The molecule has 0 radical (unpaired) electrons. The minimum atomic E-state index is -0.467. The second-order valence-corrected chi connectivity index (χ2v) is 7.12. The topological polar surface area (TPSA) is 108 Å². The first-order chi connectivity index (χ1) is 13.5. The van der Waals surface area contributed by atoms with Crippen LogP contribution in [0.2, 0.25) is 0 Å². The van der Waals surface area contributed by atoms with Gasteiger partial charge >= 0.3 is 5.97 Å². The molecule has 3 heterocycles. The number of piperazine rings is 1. The SMILES string of the molecule is COC(=O)[C@H]1C[C@H]2CN(C(=O)c3n[nH]nc3C)CC(=O)N2[C@H]1c1ccccc1. The van der Waals surface area contributed by atoms with Crippen molar-refractivity contribution in [3.05, 3.63) is 47.3 Å². The molecule has 9 heteroatoms. The monoisotopic (exact) mass is 383 g/mol. The van der Waals surface area contributed by atoms with Crippen molar-refractivity contribution >= 4 is 17.8 Å². The normalized spacial score (nSPS) is 24.2. The van der Waals surface area contributed by atoms with Crippen molar-refractivity contribution in [3.63, 3.8) is 0 Å². The highest BCUT2D eigenvalue weighted by Gasteiger charge is 2.51. The van der Waals surface area contributed by atoms with E-state index >= 15 is 0 Å². The number of benzene rings is 1. The zero-order valence-corrected chi connectivity index (χ0v) is 15.7. The molecule has 28 heavy (non-hydrogen) atoms. The van der Waals surface area contributed by atoms with E-state index < -0.39 is 12.0 Å². The lowest BCUT2D eigenvalue weighted by molar-refractivity contribution is -0.147. The second-order valence-electron chi connectivity index (χ2n) is 7.12. The fraction of sp³-hybridized carbons (Fsp3) is 0.421. The third-order valence-corrected chi connectivity index (χ3v) is 5.50. The smallest absolute Gasteiger partial charge is 0.311 e. The van der Waals surface area contributed by atoms with E-state index in [2.05, 4.69) is 15.4 Å². The summed E-state index contributed by atoms with van der Waals surface area (Å²) in [6, 6.07) is 8.83. The molecule has 2 aromatic rings. The van der Waals surface area contributed by atoms with Gasteiger partial charge in [0.05, 0.1) is 30.8 Å². The molecule has 2 fully saturated rings. The Balaban J connectivity index is 1.64. The highest BCUT2D eigenvalue weighted by Crippen LogP contribution is 2.43. The molecule has 2 saturated heterocycles. The Morgan fingerprint density at radius 2 is 1.96 bits per heavy atom. The van der Waals surface area contributed by atoms with Gasteiger partial charge in [0.2, 0.25) is 5.91 Å². The minimum Gasteiger partial charge on any atom is -0.469 e. The Kier molecular flexibility index (Phi) is 4.58. The molecule has 146 valence electrons. The summed E-state index contributed by atoms with van der Waals surface area (Å²) >= 11 is 0. The Bertz CT molecular complexity index is 912. The van der Waals surface area contributed by atoms with E-state index in [0.717, 1.165) is 5.56 Å². The fourth-order valence-corrected chi connectivity index (χ4v) is 4.25. The Hall–Kier alpha value is -3.23. The summed E-state index contributed by atoms with van der Waals surface area (Å²) in [6.45, 7) is 1.97. The van der Waals surface area contributed by atoms with E-state index in [-0.39, 0.29) is 36.1 Å². The maximum Gasteiger partial charge on any atom is 0.311 e. The number of aromatic amines is 1. The number of rotatable bonds is 3. The molecule has 1 N–H and O–H groups in total. The predicted octanol–water partition coefficient (Wildman–Crippen LogP) is 0.700. The van der Waals surface area contributed by atoms with Gasteiger partial charge in [0.15, 0.2) is 5.69 Å².